The van der Waals surface area contributed by atoms with Gasteiger partial charge in [0.05, 0.1) is 39.9 Å². The van der Waals surface area contributed by atoms with Crippen molar-refractivity contribution in [2.75, 3.05) is 40.9 Å². The van der Waals surface area contributed by atoms with Crippen molar-refractivity contribution in [2.24, 2.45) is 0 Å². The van der Waals surface area contributed by atoms with Crippen LogP contribution in [0.3, 0.4) is 0 Å². The molecule has 0 fully saturated rings. The van der Waals surface area contributed by atoms with Gasteiger partial charge < -0.3 is 19.8 Å². The Morgan fingerprint density at radius 1 is 0.447 bits per heavy atom. The van der Waals surface area contributed by atoms with Gasteiger partial charge in [-0.25, -0.2) is 4.57 Å². The van der Waals surface area contributed by atoms with Crippen LogP contribution in [0.5, 0.6) is 0 Å². The van der Waals surface area contributed by atoms with Gasteiger partial charge in [0, 0.05) is 6.42 Å². The van der Waals surface area contributed by atoms with Gasteiger partial charge in [-0.2, -0.15) is 0 Å². The summed E-state index contributed by atoms with van der Waals surface area (Å²) in [6.45, 7) is 4.86. The van der Waals surface area contributed by atoms with Crippen molar-refractivity contribution >= 4 is 13.7 Å². The molecule has 3 N–H and O–H groups in total. The Labute approximate surface area is 474 Å². The van der Waals surface area contributed by atoms with Crippen LogP contribution in [0.2, 0.25) is 0 Å². The lowest BCUT2D eigenvalue weighted by Gasteiger charge is -2.25. The highest BCUT2D eigenvalue weighted by atomic mass is 31.2. The average Bonchev–Trinajstić information content (AvgIpc) is 3.38. The molecule has 0 aliphatic rings. The van der Waals surface area contributed by atoms with Crippen molar-refractivity contribution in [3.63, 3.8) is 0 Å². The number of aliphatic hydroxyl groups is 1. The van der Waals surface area contributed by atoms with Crippen molar-refractivity contribution in [3.05, 3.63) is 36.5 Å². The number of unbranched alkanes of at least 4 members (excludes halogenated alkanes) is 45. The van der Waals surface area contributed by atoms with Crippen LogP contribution >= 0.6 is 7.82 Å². The molecule has 0 aliphatic carbocycles. The van der Waals surface area contributed by atoms with Crippen LogP contribution in [0.4, 0.5) is 0 Å². The van der Waals surface area contributed by atoms with Crippen LogP contribution in [-0.4, -0.2) is 73.4 Å². The number of likely N-dealkylation sites (N-methyl/N-ethyl adjacent to an activating group) is 1. The largest absolute Gasteiger partial charge is 0.472 e. The molecule has 0 aliphatic heterocycles. The van der Waals surface area contributed by atoms with Gasteiger partial charge in [-0.15, -0.1) is 0 Å². The van der Waals surface area contributed by atoms with Crippen molar-refractivity contribution < 1.29 is 32.9 Å². The van der Waals surface area contributed by atoms with Gasteiger partial charge in [0.2, 0.25) is 5.91 Å². The number of aliphatic hydroxyl groups excluding tert-OH is 1. The maximum absolute atomic E-state index is 13.0. The molecular weight excluding hydrogens is 960 g/mol. The molecular formula is C67H132N2O6P+. The molecule has 0 rings (SSSR count). The lowest BCUT2D eigenvalue weighted by Crippen LogP contribution is -2.45. The molecule has 0 aromatic heterocycles. The van der Waals surface area contributed by atoms with E-state index in [9.17, 15) is 19.4 Å². The van der Waals surface area contributed by atoms with E-state index in [1.807, 2.05) is 27.2 Å². The summed E-state index contributed by atoms with van der Waals surface area (Å²) in [6, 6.07) is -0.847. The molecule has 0 bridgehead atoms. The van der Waals surface area contributed by atoms with Crippen molar-refractivity contribution in [3.8, 4) is 0 Å². The zero-order valence-electron chi connectivity index (χ0n) is 51.5. The number of phosphoric acid groups is 1. The van der Waals surface area contributed by atoms with Gasteiger partial charge >= 0.3 is 7.82 Å². The molecule has 3 atom stereocenters. The second-order valence-corrected chi connectivity index (χ2v) is 25.7. The van der Waals surface area contributed by atoms with E-state index in [-0.39, 0.29) is 19.1 Å². The van der Waals surface area contributed by atoms with E-state index in [1.165, 1.54) is 276 Å². The summed E-state index contributed by atoms with van der Waals surface area (Å²) in [5, 5.41) is 14.0. The van der Waals surface area contributed by atoms with E-state index in [4.69, 9.17) is 9.05 Å². The van der Waals surface area contributed by atoms with Crippen LogP contribution in [0.1, 0.15) is 335 Å². The quantitative estimate of drug-likeness (QED) is 0.0243. The number of nitrogens with zero attached hydrogens (tertiary/aromatic N) is 1. The zero-order valence-corrected chi connectivity index (χ0v) is 52.4. The van der Waals surface area contributed by atoms with E-state index < -0.39 is 20.0 Å². The van der Waals surface area contributed by atoms with Crippen LogP contribution in [0, 0.1) is 0 Å². The van der Waals surface area contributed by atoms with Crippen molar-refractivity contribution in [1.82, 2.24) is 5.32 Å². The monoisotopic (exact) mass is 1090 g/mol. The topological polar surface area (TPSA) is 105 Å². The number of quaternary nitrogens is 1. The summed E-state index contributed by atoms with van der Waals surface area (Å²) in [4.78, 5) is 23.4. The Balaban J connectivity index is 4.09. The fraction of sp³-hybridized carbons (Fsp3) is 0.896. The lowest BCUT2D eigenvalue weighted by atomic mass is 10.0. The third-order valence-electron chi connectivity index (χ3n) is 15.4. The number of hydrogen-bond donors (Lipinski definition) is 3. The van der Waals surface area contributed by atoms with Crippen molar-refractivity contribution in [1.29, 1.82) is 0 Å². The number of allylic oxidation sites excluding steroid dienone is 5. The lowest BCUT2D eigenvalue weighted by molar-refractivity contribution is -0.870. The smallest absolute Gasteiger partial charge is 0.387 e. The second kappa shape index (κ2) is 58.4. The minimum absolute atomic E-state index is 0.0629. The first kappa shape index (κ1) is 74.7. The Hall–Kier alpha value is -1.28. The molecule has 3 unspecified atom stereocenters. The third kappa shape index (κ3) is 60.4. The minimum Gasteiger partial charge on any atom is -0.387 e. The molecule has 8 nitrogen and oxygen atoms in total. The molecule has 0 heterocycles. The molecule has 0 saturated heterocycles. The Morgan fingerprint density at radius 3 is 1.08 bits per heavy atom. The average molecular weight is 1090 g/mol. The summed E-state index contributed by atoms with van der Waals surface area (Å²) in [7, 11) is 1.59. The first-order valence-corrected chi connectivity index (χ1v) is 34.9. The number of hydrogen-bond acceptors (Lipinski definition) is 5. The standard InChI is InChI=1S/C67H131N2O6P/c1-6-8-10-12-14-16-18-20-22-24-26-28-30-32-34-36-38-40-42-44-46-48-50-52-54-56-58-60-66(70)65(64-75-76(72,73)74-63-62-69(3,4)5)68-67(71)61-59-57-55-53-51-49-47-45-43-41-39-37-35-33-31-29-27-25-23-21-19-17-15-13-11-9-7-2/h19,21,25,27,58,60,65-66,70H,6-18,20,22-24,26,28-57,59,61-64H2,1-5H3,(H-,68,71,72,73)/p+1/b21-19-,27-25-,60-58+. The van der Waals surface area contributed by atoms with Gasteiger partial charge in [0.25, 0.3) is 0 Å². The van der Waals surface area contributed by atoms with Gasteiger partial charge in [-0.1, -0.05) is 314 Å². The fourth-order valence-electron chi connectivity index (χ4n) is 10.1. The predicted molar refractivity (Wildman–Crippen MR) is 332 cm³/mol. The van der Waals surface area contributed by atoms with E-state index >= 15 is 0 Å². The number of carbonyl (C=O) groups is 1. The highest BCUT2D eigenvalue weighted by molar-refractivity contribution is 7.47. The Bertz CT molecular complexity index is 1330. The van der Waals surface area contributed by atoms with Crippen LogP contribution in [-0.2, 0) is 18.4 Å². The van der Waals surface area contributed by atoms with Gasteiger partial charge in [0.15, 0.2) is 0 Å². The summed E-state index contributed by atoms with van der Waals surface area (Å²) in [5.41, 5.74) is 0. The number of amides is 1. The van der Waals surface area contributed by atoms with Crippen LogP contribution in [0.25, 0.3) is 0 Å². The molecule has 450 valence electrons. The first-order chi connectivity index (χ1) is 37.0. The van der Waals surface area contributed by atoms with E-state index in [2.05, 4.69) is 43.5 Å². The number of carbonyl (C=O) groups excluding carboxylic acids is 1. The predicted octanol–water partition coefficient (Wildman–Crippen LogP) is 20.9. The summed E-state index contributed by atoms with van der Waals surface area (Å²) < 4.78 is 23.8. The fourth-order valence-corrected chi connectivity index (χ4v) is 10.9. The van der Waals surface area contributed by atoms with E-state index in [0.29, 0.717) is 17.4 Å². The molecule has 76 heavy (non-hydrogen) atoms. The van der Waals surface area contributed by atoms with Crippen LogP contribution < -0.4 is 5.32 Å². The normalized spacial score (nSPS) is 13.9. The summed E-state index contributed by atoms with van der Waals surface area (Å²) in [6.07, 6.45) is 77.0. The van der Waals surface area contributed by atoms with E-state index in [0.717, 1.165) is 38.5 Å². The third-order valence-corrected chi connectivity index (χ3v) is 16.3. The zero-order chi connectivity index (χ0) is 55.6. The Kier molecular flexibility index (Phi) is 57.4. The molecule has 9 heteroatoms. The maximum atomic E-state index is 13.0. The van der Waals surface area contributed by atoms with Gasteiger partial charge in [0.1, 0.15) is 13.2 Å². The molecule has 0 radical (unpaired) electrons. The first-order valence-electron chi connectivity index (χ1n) is 33.4. The van der Waals surface area contributed by atoms with Crippen LogP contribution in [0.15, 0.2) is 36.5 Å². The molecule has 0 aromatic carbocycles. The maximum Gasteiger partial charge on any atom is 0.472 e. The SMILES string of the molecule is CCCCCCC/C=C\C/C=C\CCCCCCCCCCCCCCCCCC(=O)NC(COP(=O)(O)OCC[N+](C)(C)C)C(O)/C=C/CCCCCCCCCCCCCCCCCCCCCCCCCCC. The number of rotatable bonds is 62. The summed E-state index contributed by atoms with van der Waals surface area (Å²) >= 11 is 0. The number of phosphoric ester groups is 1. The highest BCUT2D eigenvalue weighted by Gasteiger charge is 2.28. The van der Waals surface area contributed by atoms with Crippen molar-refractivity contribution in [2.45, 2.75) is 347 Å². The molecule has 1 amide bonds. The van der Waals surface area contributed by atoms with E-state index in [1.54, 1.807) is 6.08 Å². The van der Waals surface area contributed by atoms with Gasteiger partial charge in [-0.05, 0) is 51.4 Å². The molecule has 0 spiro atoms. The Morgan fingerprint density at radius 2 is 0.750 bits per heavy atom. The summed E-state index contributed by atoms with van der Waals surface area (Å²) in [5.74, 6) is -0.172. The second-order valence-electron chi connectivity index (χ2n) is 24.2. The molecule has 0 aromatic rings. The highest BCUT2D eigenvalue weighted by Crippen LogP contribution is 2.43. The minimum atomic E-state index is -4.35. The molecule has 0 saturated carbocycles. The van der Waals surface area contributed by atoms with Gasteiger partial charge in [-0.3, -0.25) is 13.8 Å². The number of nitrogens with one attached hydrogen (secondary N) is 1.